The molecular weight excluding hydrogens is 154 g/mol. The minimum absolute atomic E-state index is 0.251. The number of hydrogen-bond donors (Lipinski definition) is 1. The summed E-state index contributed by atoms with van der Waals surface area (Å²) in [6.45, 7) is 2.07. The van der Waals surface area contributed by atoms with Gasteiger partial charge in [-0.15, -0.1) is 0 Å². The first-order chi connectivity index (χ1) is 5.83. The van der Waals surface area contributed by atoms with Gasteiger partial charge in [0.2, 0.25) is 5.90 Å². The van der Waals surface area contributed by atoms with Crippen LogP contribution in [0.3, 0.4) is 0 Å². The van der Waals surface area contributed by atoms with Crippen LogP contribution in [0.2, 0.25) is 0 Å². The summed E-state index contributed by atoms with van der Waals surface area (Å²) in [5, 5.41) is 11.9. The minimum Gasteiger partial charge on any atom is -0.475 e. The Morgan fingerprint density at radius 1 is 1.42 bits per heavy atom. The molecule has 1 N–H and O–H groups in total. The van der Waals surface area contributed by atoms with Gasteiger partial charge in [-0.05, 0) is 19.8 Å². The van der Waals surface area contributed by atoms with E-state index in [-0.39, 0.29) is 6.10 Å². The van der Waals surface area contributed by atoms with Gasteiger partial charge in [0.15, 0.2) is 0 Å². The third-order valence-corrected chi connectivity index (χ3v) is 3.14. The Bertz CT molecular complexity index is 203. The lowest BCUT2D eigenvalue weighted by molar-refractivity contribution is 0.161. The van der Waals surface area contributed by atoms with Crippen LogP contribution in [0.5, 0.6) is 0 Å². The number of oxime groups is 1. The Morgan fingerprint density at radius 2 is 2.17 bits per heavy atom. The molecule has 3 atom stereocenters. The Morgan fingerprint density at radius 3 is 2.92 bits per heavy atom. The normalized spacial score (nSPS) is 44.1. The van der Waals surface area contributed by atoms with Crippen molar-refractivity contribution in [1.82, 2.24) is 0 Å². The first-order valence-corrected chi connectivity index (χ1v) is 4.71. The van der Waals surface area contributed by atoms with Crippen LogP contribution >= 0.6 is 0 Å². The van der Waals surface area contributed by atoms with Gasteiger partial charge in [-0.1, -0.05) is 18.0 Å². The topological polar surface area (TPSA) is 41.8 Å². The van der Waals surface area contributed by atoms with E-state index in [0.717, 1.165) is 6.42 Å². The highest BCUT2D eigenvalue weighted by Gasteiger charge is 2.41. The summed E-state index contributed by atoms with van der Waals surface area (Å²) in [5.41, 5.74) is 0. The Hall–Kier alpha value is -0.730. The van der Waals surface area contributed by atoms with E-state index < -0.39 is 0 Å². The molecule has 2 aliphatic rings. The summed E-state index contributed by atoms with van der Waals surface area (Å²) in [7, 11) is 0. The van der Waals surface area contributed by atoms with E-state index in [2.05, 4.69) is 12.1 Å². The molecule has 3 heteroatoms. The highest BCUT2D eigenvalue weighted by Crippen LogP contribution is 2.39. The number of nitrogens with zero attached hydrogens (tertiary/aromatic N) is 1. The molecule has 3 unspecified atom stereocenters. The highest BCUT2D eigenvalue weighted by molar-refractivity contribution is 5.80. The lowest BCUT2D eigenvalue weighted by Gasteiger charge is -2.23. The molecule has 1 saturated carbocycles. The van der Waals surface area contributed by atoms with Crippen molar-refractivity contribution in [1.29, 1.82) is 0 Å². The second kappa shape index (κ2) is 2.96. The average molecular weight is 169 g/mol. The lowest BCUT2D eigenvalue weighted by atomic mass is 9.78. The molecule has 0 aromatic rings. The molecule has 0 radical (unpaired) electrons. The molecule has 0 amide bonds. The van der Waals surface area contributed by atoms with Crippen molar-refractivity contribution < 1.29 is 9.94 Å². The van der Waals surface area contributed by atoms with Crippen molar-refractivity contribution in [3.8, 4) is 0 Å². The Balaban J connectivity index is 2.16. The maximum absolute atomic E-state index is 8.69. The van der Waals surface area contributed by atoms with Gasteiger partial charge in [0.25, 0.3) is 0 Å². The van der Waals surface area contributed by atoms with E-state index in [4.69, 9.17) is 9.94 Å². The van der Waals surface area contributed by atoms with Gasteiger partial charge in [0.1, 0.15) is 6.10 Å². The molecule has 1 aliphatic heterocycles. The molecule has 2 rings (SSSR count). The number of fused-ring (bicyclic) bond motifs is 1. The Labute approximate surface area is 72.4 Å². The predicted molar refractivity (Wildman–Crippen MR) is 45.2 cm³/mol. The molecule has 1 aliphatic carbocycles. The zero-order valence-corrected chi connectivity index (χ0v) is 7.36. The van der Waals surface area contributed by atoms with Crippen LogP contribution in [0.1, 0.15) is 32.6 Å². The van der Waals surface area contributed by atoms with Crippen LogP contribution in [0.15, 0.2) is 5.16 Å². The van der Waals surface area contributed by atoms with Crippen LogP contribution in [-0.2, 0) is 4.74 Å². The quantitative estimate of drug-likeness (QED) is 0.445. The van der Waals surface area contributed by atoms with Crippen LogP contribution in [0, 0.1) is 11.8 Å². The zero-order valence-electron chi connectivity index (χ0n) is 7.36. The van der Waals surface area contributed by atoms with Crippen molar-refractivity contribution >= 4 is 5.90 Å². The van der Waals surface area contributed by atoms with E-state index in [1.54, 1.807) is 0 Å². The third-order valence-electron chi connectivity index (χ3n) is 3.14. The molecule has 12 heavy (non-hydrogen) atoms. The van der Waals surface area contributed by atoms with Crippen molar-refractivity contribution in [3.05, 3.63) is 0 Å². The van der Waals surface area contributed by atoms with Gasteiger partial charge in [-0.2, -0.15) is 0 Å². The van der Waals surface area contributed by atoms with Gasteiger partial charge >= 0.3 is 0 Å². The molecular formula is C9H15NO2. The minimum atomic E-state index is 0.251. The highest BCUT2D eigenvalue weighted by atomic mass is 16.5. The molecule has 0 spiro atoms. The second-order valence-electron chi connectivity index (χ2n) is 3.82. The van der Waals surface area contributed by atoms with Crippen LogP contribution < -0.4 is 0 Å². The van der Waals surface area contributed by atoms with Crippen molar-refractivity contribution in [2.45, 2.75) is 38.7 Å². The SMILES string of the molecule is CC1O/C(=N/O)C2CCCCC12. The Kier molecular flexibility index (Phi) is 1.95. The van der Waals surface area contributed by atoms with Crippen molar-refractivity contribution in [2.75, 3.05) is 0 Å². The van der Waals surface area contributed by atoms with E-state index in [9.17, 15) is 0 Å². The van der Waals surface area contributed by atoms with E-state index >= 15 is 0 Å². The smallest absolute Gasteiger partial charge is 0.229 e. The van der Waals surface area contributed by atoms with E-state index in [1.165, 1.54) is 19.3 Å². The van der Waals surface area contributed by atoms with Gasteiger partial charge in [-0.3, -0.25) is 0 Å². The molecule has 3 nitrogen and oxygen atoms in total. The van der Waals surface area contributed by atoms with Crippen LogP contribution in [0.25, 0.3) is 0 Å². The summed E-state index contributed by atoms with van der Waals surface area (Å²) in [6, 6.07) is 0. The second-order valence-corrected chi connectivity index (χ2v) is 3.82. The molecule has 1 heterocycles. The van der Waals surface area contributed by atoms with Gasteiger partial charge in [0, 0.05) is 11.8 Å². The predicted octanol–water partition coefficient (Wildman–Crippen LogP) is 2.00. The standard InChI is InChI=1S/C9H15NO2/c1-6-7-4-2-3-5-8(7)9(10-11)12-6/h6-8,11H,2-5H2,1H3/b10-9+. The van der Waals surface area contributed by atoms with Crippen LogP contribution in [0.4, 0.5) is 0 Å². The first-order valence-electron chi connectivity index (χ1n) is 4.71. The van der Waals surface area contributed by atoms with E-state index in [1.807, 2.05) is 0 Å². The van der Waals surface area contributed by atoms with Gasteiger partial charge < -0.3 is 9.94 Å². The number of hydrogen-bond acceptors (Lipinski definition) is 3. The third kappa shape index (κ3) is 1.08. The largest absolute Gasteiger partial charge is 0.475 e. The fraction of sp³-hybridized carbons (Fsp3) is 0.889. The van der Waals surface area contributed by atoms with Gasteiger partial charge in [0.05, 0.1) is 0 Å². The molecule has 0 bridgehead atoms. The maximum atomic E-state index is 8.69. The van der Waals surface area contributed by atoms with Crippen molar-refractivity contribution in [2.24, 2.45) is 17.0 Å². The summed E-state index contributed by atoms with van der Waals surface area (Å²) in [4.78, 5) is 0. The zero-order chi connectivity index (χ0) is 8.55. The average Bonchev–Trinajstić information content (AvgIpc) is 2.44. The molecule has 68 valence electrons. The number of rotatable bonds is 0. The molecule has 1 saturated heterocycles. The molecule has 0 aromatic heterocycles. The molecule has 2 fully saturated rings. The van der Waals surface area contributed by atoms with Gasteiger partial charge in [-0.25, -0.2) is 0 Å². The fourth-order valence-electron chi connectivity index (χ4n) is 2.49. The summed E-state index contributed by atoms with van der Waals surface area (Å²) in [6.07, 6.45) is 5.16. The first kappa shape index (κ1) is 7.90. The van der Waals surface area contributed by atoms with E-state index in [0.29, 0.717) is 17.7 Å². The fourth-order valence-corrected chi connectivity index (χ4v) is 2.49. The monoisotopic (exact) mass is 169 g/mol. The lowest BCUT2D eigenvalue weighted by Crippen LogP contribution is -2.22. The summed E-state index contributed by atoms with van der Waals surface area (Å²) < 4.78 is 5.46. The van der Waals surface area contributed by atoms with Crippen molar-refractivity contribution in [3.63, 3.8) is 0 Å². The maximum Gasteiger partial charge on any atom is 0.229 e. The van der Waals surface area contributed by atoms with Crippen LogP contribution in [-0.4, -0.2) is 17.2 Å². The number of ether oxygens (including phenoxy) is 1. The molecule has 0 aromatic carbocycles. The summed E-state index contributed by atoms with van der Waals surface area (Å²) >= 11 is 0. The summed E-state index contributed by atoms with van der Waals surface area (Å²) in [5.74, 6) is 1.58.